The van der Waals surface area contributed by atoms with E-state index in [0.29, 0.717) is 17.5 Å². The third kappa shape index (κ3) is 4.47. The second kappa shape index (κ2) is 7.95. The van der Waals surface area contributed by atoms with Crippen LogP contribution in [0.2, 0.25) is 0 Å². The number of rotatable bonds is 7. The Bertz CT molecular complexity index is 961. The van der Waals surface area contributed by atoms with Crippen LogP contribution in [0.1, 0.15) is 12.7 Å². The zero-order valence-corrected chi connectivity index (χ0v) is 14.7. The zero-order chi connectivity index (χ0) is 19.4. The van der Waals surface area contributed by atoms with E-state index < -0.39 is 27.6 Å². The van der Waals surface area contributed by atoms with Crippen molar-refractivity contribution in [3.63, 3.8) is 0 Å². The van der Waals surface area contributed by atoms with E-state index in [1.807, 2.05) is 0 Å². The van der Waals surface area contributed by atoms with Gasteiger partial charge in [-0.25, -0.2) is 4.68 Å². The molecule has 0 aliphatic carbocycles. The zero-order valence-electron chi connectivity index (χ0n) is 13.9. The Balaban J connectivity index is 1.66. The van der Waals surface area contributed by atoms with Crippen LogP contribution in [0.5, 0.6) is 0 Å². The quantitative estimate of drug-likeness (QED) is 0.369. The number of nitrogens with one attached hydrogen (secondary N) is 1. The van der Waals surface area contributed by atoms with Crippen LogP contribution in [-0.4, -0.2) is 36.3 Å². The minimum absolute atomic E-state index is 0.121. The van der Waals surface area contributed by atoms with E-state index in [2.05, 4.69) is 20.8 Å². The molecule has 27 heavy (non-hydrogen) atoms. The molecule has 1 N–H and O–H groups in total. The van der Waals surface area contributed by atoms with Gasteiger partial charge in [0.1, 0.15) is 12.3 Å². The highest BCUT2D eigenvalue weighted by Gasteiger charge is 2.21. The first-order valence-electron chi connectivity index (χ1n) is 7.64. The number of nitro groups is 1. The maximum atomic E-state index is 13.4. The number of halogens is 1. The lowest BCUT2D eigenvalue weighted by Gasteiger charge is -2.11. The van der Waals surface area contributed by atoms with Gasteiger partial charge in [0, 0.05) is 11.8 Å². The normalized spacial score (nSPS) is 11.9. The molecule has 3 rings (SSSR count). The van der Waals surface area contributed by atoms with Gasteiger partial charge in [0.2, 0.25) is 16.9 Å². The summed E-state index contributed by atoms with van der Waals surface area (Å²) >= 11 is 1.10. The summed E-state index contributed by atoms with van der Waals surface area (Å²) in [4.78, 5) is 22.3. The topological polar surface area (TPSA) is 129 Å². The molecule has 0 aliphatic heterocycles. The van der Waals surface area contributed by atoms with E-state index in [-0.39, 0.29) is 5.69 Å². The minimum Gasteiger partial charge on any atom is -0.467 e. The molecule has 1 unspecified atom stereocenters. The number of aromatic nitrogens is 4. The Morgan fingerprint density at radius 1 is 1.48 bits per heavy atom. The van der Waals surface area contributed by atoms with Crippen LogP contribution >= 0.6 is 11.8 Å². The summed E-state index contributed by atoms with van der Waals surface area (Å²) in [5.74, 6) is -0.758. The van der Waals surface area contributed by atoms with Gasteiger partial charge in [0.05, 0.1) is 16.4 Å². The van der Waals surface area contributed by atoms with Crippen LogP contribution in [0.15, 0.2) is 46.2 Å². The molecule has 10 nitrogen and oxygen atoms in total. The van der Waals surface area contributed by atoms with Crippen molar-refractivity contribution in [2.75, 3.05) is 5.32 Å². The first kappa shape index (κ1) is 18.5. The Morgan fingerprint density at radius 2 is 2.30 bits per heavy atom. The number of furan rings is 1. The maximum Gasteiger partial charge on any atom is 0.306 e. The van der Waals surface area contributed by atoms with Crippen molar-refractivity contribution >= 4 is 29.0 Å². The number of anilines is 1. The fourth-order valence-electron chi connectivity index (χ4n) is 2.12. The van der Waals surface area contributed by atoms with Crippen molar-refractivity contribution in [3.05, 3.63) is 58.3 Å². The van der Waals surface area contributed by atoms with Crippen LogP contribution in [0.25, 0.3) is 0 Å². The van der Waals surface area contributed by atoms with E-state index >= 15 is 0 Å². The molecule has 0 aliphatic rings. The SMILES string of the molecule is CC(Sc1nnnn1Cc1ccco1)C(=O)Nc1ccc(F)c([N+](=O)[O-])c1. The molecule has 1 amide bonds. The molecule has 2 heterocycles. The number of thioether (sulfide) groups is 1. The molecule has 0 radical (unpaired) electrons. The van der Waals surface area contributed by atoms with Crippen LogP contribution in [-0.2, 0) is 11.3 Å². The fraction of sp³-hybridized carbons (Fsp3) is 0.200. The molecule has 0 saturated carbocycles. The van der Waals surface area contributed by atoms with Crippen LogP contribution in [0.3, 0.4) is 0 Å². The van der Waals surface area contributed by atoms with Crippen molar-refractivity contribution in [3.8, 4) is 0 Å². The summed E-state index contributed by atoms with van der Waals surface area (Å²) in [6.07, 6.45) is 1.53. The van der Waals surface area contributed by atoms with Gasteiger partial charge in [-0.3, -0.25) is 14.9 Å². The number of amides is 1. The van der Waals surface area contributed by atoms with Gasteiger partial charge in [-0.15, -0.1) is 5.10 Å². The summed E-state index contributed by atoms with van der Waals surface area (Å²) < 4.78 is 20.1. The molecule has 0 fully saturated rings. The molecule has 12 heteroatoms. The van der Waals surface area contributed by atoms with Crippen molar-refractivity contribution < 1.29 is 18.5 Å². The first-order valence-corrected chi connectivity index (χ1v) is 8.52. The Hall–Kier alpha value is -3.28. The van der Waals surface area contributed by atoms with Crippen molar-refractivity contribution in [2.45, 2.75) is 23.9 Å². The number of carbonyl (C=O) groups excluding carboxylic acids is 1. The number of hydrogen-bond donors (Lipinski definition) is 1. The number of nitrogens with zero attached hydrogens (tertiary/aromatic N) is 5. The summed E-state index contributed by atoms with van der Waals surface area (Å²) in [6.45, 7) is 1.94. The molecule has 0 spiro atoms. The van der Waals surface area contributed by atoms with Gasteiger partial charge in [-0.2, -0.15) is 4.39 Å². The van der Waals surface area contributed by atoms with Gasteiger partial charge in [0.15, 0.2) is 0 Å². The van der Waals surface area contributed by atoms with Crippen LogP contribution in [0, 0.1) is 15.9 Å². The molecule has 0 bridgehead atoms. The smallest absolute Gasteiger partial charge is 0.306 e. The third-order valence-corrected chi connectivity index (χ3v) is 4.52. The molecule has 1 aromatic carbocycles. The number of hydrogen-bond acceptors (Lipinski definition) is 8. The standard InChI is InChI=1S/C15H13FN6O4S/c1-9(14(23)17-10-4-5-12(16)13(7-10)22(24)25)27-15-18-19-20-21(15)8-11-3-2-6-26-11/h2-7,9H,8H2,1H3,(H,17,23). The maximum absolute atomic E-state index is 13.4. The predicted octanol–water partition coefficient (Wildman–Crippen LogP) is 2.48. The summed E-state index contributed by atoms with van der Waals surface area (Å²) in [5.41, 5.74) is -0.591. The van der Waals surface area contributed by atoms with Crippen molar-refractivity contribution in [1.82, 2.24) is 20.2 Å². The second-order valence-electron chi connectivity index (χ2n) is 5.37. The van der Waals surface area contributed by atoms with Gasteiger partial charge < -0.3 is 9.73 Å². The van der Waals surface area contributed by atoms with Gasteiger partial charge in [0.25, 0.3) is 0 Å². The molecular formula is C15H13FN6O4S. The minimum atomic E-state index is -0.975. The predicted molar refractivity (Wildman–Crippen MR) is 92.6 cm³/mol. The molecule has 140 valence electrons. The monoisotopic (exact) mass is 392 g/mol. The molecule has 0 saturated heterocycles. The van der Waals surface area contributed by atoms with Crippen LogP contribution in [0.4, 0.5) is 15.8 Å². The Kier molecular flexibility index (Phi) is 5.45. The average molecular weight is 392 g/mol. The number of tetrazole rings is 1. The third-order valence-electron chi connectivity index (χ3n) is 3.45. The highest BCUT2D eigenvalue weighted by molar-refractivity contribution is 8.00. The van der Waals surface area contributed by atoms with Crippen molar-refractivity contribution in [2.24, 2.45) is 0 Å². The van der Waals surface area contributed by atoms with Gasteiger partial charge >= 0.3 is 5.69 Å². The van der Waals surface area contributed by atoms with E-state index in [9.17, 15) is 19.3 Å². The van der Waals surface area contributed by atoms with E-state index in [0.717, 1.165) is 23.9 Å². The molecular weight excluding hydrogens is 379 g/mol. The van der Waals surface area contributed by atoms with E-state index in [1.165, 1.54) is 17.0 Å². The number of benzene rings is 1. The largest absolute Gasteiger partial charge is 0.467 e. The van der Waals surface area contributed by atoms with E-state index in [1.54, 1.807) is 19.1 Å². The average Bonchev–Trinajstić information content (AvgIpc) is 3.29. The molecule has 2 aromatic heterocycles. The number of nitro benzene ring substituents is 1. The Labute approximate surface area is 155 Å². The van der Waals surface area contributed by atoms with Gasteiger partial charge in [-0.1, -0.05) is 11.8 Å². The summed E-state index contributed by atoms with van der Waals surface area (Å²) in [7, 11) is 0. The van der Waals surface area contributed by atoms with E-state index in [4.69, 9.17) is 4.42 Å². The summed E-state index contributed by atoms with van der Waals surface area (Å²) in [6, 6.07) is 6.65. The van der Waals surface area contributed by atoms with Crippen LogP contribution < -0.4 is 5.32 Å². The fourth-order valence-corrected chi connectivity index (χ4v) is 2.90. The first-order chi connectivity index (χ1) is 12.9. The number of carbonyl (C=O) groups is 1. The highest BCUT2D eigenvalue weighted by atomic mass is 32.2. The Morgan fingerprint density at radius 3 is 3.00 bits per heavy atom. The lowest BCUT2D eigenvalue weighted by Crippen LogP contribution is -2.23. The lowest BCUT2D eigenvalue weighted by atomic mass is 10.2. The van der Waals surface area contributed by atoms with Crippen molar-refractivity contribution in [1.29, 1.82) is 0 Å². The molecule has 1 atom stereocenters. The molecule has 3 aromatic rings. The lowest BCUT2D eigenvalue weighted by molar-refractivity contribution is -0.387. The highest BCUT2D eigenvalue weighted by Crippen LogP contribution is 2.25. The van der Waals surface area contributed by atoms with Gasteiger partial charge in [-0.05, 0) is 41.6 Å². The summed E-state index contributed by atoms with van der Waals surface area (Å²) in [5, 5.41) is 24.4. The second-order valence-corrected chi connectivity index (χ2v) is 6.68.